The van der Waals surface area contributed by atoms with E-state index in [2.05, 4.69) is 11.9 Å². The molecule has 334 valence electrons. The molecule has 0 radical (unpaired) electrons. The Kier molecular flexibility index (Phi) is 13.3. The lowest BCUT2D eigenvalue weighted by atomic mass is 9.44. The Labute approximate surface area is 360 Å². The average molecular weight is 860 g/mol. The molecule has 6 rings (SSSR count). The average Bonchev–Trinajstić information content (AvgIpc) is 3.22. The molecule has 4 aliphatic rings. The molecule has 4 N–H and O–H groups in total. The lowest BCUT2D eigenvalue weighted by molar-refractivity contribution is -0.346. The number of fused-ring (bicyclic) bond motifs is 5. The third-order valence-electron chi connectivity index (χ3n) is 13.5. The standard InChI is InChI=1S/C47H57NO14/c1-8-9-10-17-22-34(52)48-36(29-18-13-11-14-19-29)37(53)43(56)60-31-24-47(57)41(61-42(55)30-20-15-12-16-21-30)39-45(7,32(51)23-33-46(39,25-58-33)62-28(4)50)40(54)38(59-27(3)49)35(26(31)2)44(47,5)6/h8,11-16,18-21,31-33,36-39,41,51,53,57H,1,9-10,17,22-25H2,2-7H3,(H,48,52)/t31-,32-,33+,36+,37+,38+,39-,41-,45+,46-,47+/m0/s1. The smallest absolute Gasteiger partial charge is 0.338 e. The van der Waals surface area contributed by atoms with E-state index in [0.717, 1.165) is 13.8 Å². The number of esters is 4. The number of carbonyl (C=O) groups is 6. The van der Waals surface area contributed by atoms with Crippen LogP contribution in [0.1, 0.15) is 102 Å². The number of Topliss-reactive ketones (excluding diaryl/α,β-unsaturated/α-hetero) is 1. The fourth-order valence-corrected chi connectivity index (χ4v) is 10.2. The number of amides is 1. The largest absolute Gasteiger partial charge is 0.456 e. The van der Waals surface area contributed by atoms with Crippen molar-refractivity contribution in [2.45, 2.75) is 134 Å². The van der Waals surface area contributed by atoms with Crippen molar-refractivity contribution in [2.24, 2.45) is 16.7 Å². The molecule has 1 saturated heterocycles. The van der Waals surface area contributed by atoms with Crippen LogP contribution < -0.4 is 5.32 Å². The summed E-state index contributed by atoms with van der Waals surface area (Å²) in [7, 11) is 0. The van der Waals surface area contributed by atoms with E-state index in [1.807, 2.05) is 0 Å². The number of benzene rings is 2. The van der Waals surface area contributed by atoms with E-state index >= 15 is 4.79 Å². The SMILES string of the molecule is C=CCCCCC(=O)N[C@H](c1ccccc1)[C@@H](O)C(=O)O[C@H]1C[C@@]2(O)[C@@H](OC(=O)c3ccccc3)[C@@H]3[C@]4(OC(C)=O)CO[C@@H]4C[C@H](O)[C@@]3(C)C(=O)[C@H](OC(C)=O)C(=C1C)C2(C)C. The molecule has 3 fully saturated rings. The van der Waals surface area contributed by atoms with Gasteiger partial charge in [0.1, 0.15) is 23.9 Å². The van der Waals surface area contributed by atoms with E-state index in [-0.39, 0.29) is 36.2 Å². The molecule has 1 aliphatic heterocycles. The molecule has 1 amide bonds. The number of rotatable bonds is 14. The summed E-state index contributed by atoms with van der Waals surface area (Å²) >= 11 is 0. The maximum atomic E-state index is 15.5. The number of allylic oxidation sites excluding steroid dienone is 1. The molecular weight excluding hydrogens is 803 g/mol. The Morgan fingerprint density at radius 3 is 2.18 bits per heavy atom. The fourth-order valence-electron chi connectivity index (χ4n) is 10.2. The van der Waals surface area contributed by atoms with Crippen molar-refractivity contribution >= 4 is 35.6 Å². The van der Waals surface area contributed by atoms with Crippen molar-refractivity contribution in [3.63, 3.8) is 0 Å². The zero-order chi connectivity index (χ0) is 45.4. The Balaban J connectivity index is 1.51. The number of nitrogens with one attached hydrogen (secondary N) is 1. The minimum Gasteiger partial charge on any atom is -0.456 e. The molecule has 2 aromatic carbocycles. The molecule has 0 spiro atoms. The van der Waals surface area contributed by atoms with Crippen LogP contribution in [0.2, 0.25) is 0 Å². The van der Waals surface area contributed by atoms with Gasteiger partial charge in [0.05, 0.1) is 35.6 Å². The monoisotopic (exact) mass is 859 g/mol. The normalized spacial score (nSPS) is 31.9. The first-order valence-electron chi connectivity index (χ1n) is 21.0. The third-order valence-corrected chi connectivity index (χ3v) is 13.5. The van der Waals surface area contributed by atoms with Crippen LogP contribution in [0, 0.1) is 16.7 Å². The second kappa shape index (κ2) is 17.9. The third kappa shape index (κ3) is 8.11. The van der Waals surface area contributed by atoms with Gasteiger partial charge in [0.15, 0.2) is 23.6 Å². The minimum absolute atomic E-state index is 0.00679. The number of hydrogen-bond acceptors (Lipinski definition) is 14. The van der Waals surface area contributed by atoms with Gasteiger partial charge in [0.2, 0.25) is 5.91 Å². The predicted octanol–water partition coefficient (Wildman–Crippen LogP) is 4.17. The van der Waals surface area contributed by atoms with E-state index in [0.29, 0.717) is 24.8 Å². The van der Waals surface area contributed by atoms with E-state index < -0.39 is 113 Å². The first kappa shape index (κ1) is 46.3. The summed E-state index contributed by atoms with van der Waals surface area (Å²) in [5, 5.41) is 40.2. The van der Waals surface area contributed by atoms with Gasteiger partial charge in [-0.05, 0) is 62.0 Å². The summed E-state index contributed by atoms with van der Waals surface area (Å²) in [5.74, 6) is -6.61. The number of carbonyl (C=O) groups excluding carboxylic acids is 6. The van der Waals surface area contributed by atoms with Gasteiger partial charge in [-0.25, -0.2) is 9.59 Å². The van der Waals surface area contributed by atoms with Crippen molar-refractivity contribution in [2.75, 3.05) is 6.61 Å². The second-order valence-electron chi connectivity index (χ2n) is 17.6. The molecule has 15 nitrogen and oxygen atoms in total. The Hall–Kier alpha value is -5.22. The van der Waals surface area contributed by atoms with Crippen molar-refractivity contribution < 1.29 is 67.8 Å². The highest BCUT2D eigenvalue weighted by Crippen LogP contribution is 2.64. The van der Waals surface area contributed by atoms with Gasteiger partial charge >= 0.3 is 23.9 Å². The number of unbranched alkanes of at least 4 members (excludes halogenated alkanes) is 2. The highest BCUT2D eigenvalue weighted by atomic mass is 16.6. The van der Waals surface area contributed by atoms with Gasteiger partial charge < -0.3 is 44.3 Å². The summed E-state index contributed by atoms with van der Waals surface area (Å²) in [6.45, 7) is 11.7. The highest BCUT2D eigenvalue weighted by molar-refractivity contribution is 5.95. The van der Waals surface area contributed by atoms with Crippen molar-refractivity contribution in [3.05, 3.63) is 95.6 Å². The van der Waals surface area contributed by atoms with Crippen molar-refractivity contribution in [1.82, 2.24) is 5.32 Å². The van der Waals surface area contributed by atoms with Gasteiger partial charge in [-0.1, -0.05) is 68.5 Å². The van der Waals surface area contributed by atoms with E-state index in [1.54, 1.807) is 68.5 Å². The number of aliphatic hydroxyl groups excluding tert-OH is 2. The van der Waals surface area contributed by atoms with Crippen LogP contribution in [0.25, 0.3) is 0 Å². The zero-order valence-electron chi connectivity index (χ0n) is 36.0. The molecule has 11 atom stereocenters. The number of aliphatic hydroxyl groups is 3. The Morgan fingerprint density at radius 1 is 0.952 bits per heavy atom. The summed E-state index contributed by atoms with van der Waals surface area (Å²) in [5.41, 5.74) is -7.18. The van der Waals surface area contributed by atoms with Crippen LogP contribution in [-0.4, -0.2) is 105 Å². The van der Waals surface area contributed by atoms with Gasteiger partial charge in [0, 0.05) is 38.5 Å². The minimum atomic E-state index is -2.38. The van der Waals surface area contributed by atoms with Crippen LogP contribution in [0.4, 0.5) is 0 Å². The maximum absolute atomic E-state index is 15.5. The molecule has 0 unspecified atom stereocenters. The second-order valence-corrected chi connectivity index (χ2v) is 17.6. The Morgan fingerprint density at radius 2 is 1.60 bits per heavy atom. The molecule has 1 heterocycles. The Bertz CT molecular complexity index is 2100. The maximum Gasteiger partial charge on any atom is 0.338 e. The molecule has 3 aliphatic carbocycles. The first-order chi connectivity index (χ1) is 29.2. The predicted molar refractivity (Wildman–Crippen MR) is 221 cm³/mol. The lowest BCUT2D eigenvalue weighted by Gasteiger charge is -2.67. The molecule has 2 aromatic rings. The summed E-state index contributed by atoms with van der Waals surface area (Å²) in [4.78, 5) is 83.1. The summed E-state index contributed by atoms with van der Waals surface area (Å²) in [6.07, 6.45) is -6.60. The summed E-state index contributed by atoms with van der Waals surface area (Å²) < 4.78 is 30.3. The van der Waals surface area contributed by atoms with Gasteiger partial charge in [-0.15, -0.1) is 6.58 Å². The molecule has 2 saturated carbocycles. The molecule has 2 bridgehead atoms. The van der Waals surface area contributed by atoms with Gasteiger partial charge in [0.25, 0.3) is 0 Å². The van der Waals surface area contributed by atoms with E-state index in [4.69, 9.17) is 23.7 Å². The zero-order valence-corrected chi connectivity index (χ0v) is 36.0. The van der Waals surface area contributed by atoms with Crippen LogP contribution in [0.5, 0.6) is 0 Å². The molecule has 62 heavy (non-hydrogen) atoms. The molecular formula is C47H57NO14. The van der Waals surface area contributed by atoms with E-state index in [1.165, 1.54) is 26.0 Å². The van der Waals surface area contributed by atoms with Crippen molar-refractivity contribution in [1.29, 1.82) is 0 Å². The fraction of sp³-hybridized carbons (Fsp3) is 0.532. The first-order valence-corrected chi connectivity index (χ1v) is 21.0. The van der Waals surface area contributed by atoms with Crippen LogP contribution >= 0.6 is 0 Å². The lowest BCUT2D eigenvalue weighted by Crippen LogP contribution is -2.82. The van der Waals surface area contributed by atoms with Gasteiger partial charge in [-0.3, -0.25) is 19.2 Å². The molecule has 0 aromatic heterocycles. The van der Waals surface area contributed by atoms with Crippen LogP contribution in [0.3, 0.4) is 0 Å². The highest BCUT2D eigenvalue weighted by Gasteiger charge is 2.78. The van der Waals surface area contributed by atoms with Crippen LogP contribution in [0.15, 0.2) is 84.5 Å². The van der Waals surface area contributed by atoms with E-state index in [9.17, 15) is 39.3 Å². The summed E-state index contributed by atoms with van der Waals surface area (Å²) in [6, 6.07) is 14.9. The van der Waals surface area contributed by atoms with Crippen LogP contribution in [-0.2, 0) is 47.7 Å². The number of hydrogen-bond donors (Lipinski definition) is 4. The van der Waals surface area contributed by atoms with Crippen molar-refractivity contribution in [3.8, 4) is 0 Å². The number of ketones is 1. The molecule has 15 heteroatoms. The topological polar surface area (TPSA) is 221 Å². The number of ether oxygens (including phenoxy) is 5. The quantitative estimate of drug-likeness (QED) is 0.0907. The van der Waals surface area contributed by atoms with Gasteiger partial charge in [-0.2, -0.15) is 0 Å².